The lowest BCUT2D eigenvalue weighted by Gasteiger charge is -2.23. The zero-order valence-electron chi connectivity index (χ0n) is 12.3. The van der Waals surface area contributed by atoms with Crippen molar-refractivity contribution in [3.63, 3.8) is 0 Å². The van der Waals surface area contributed by atoms with E-state index in [-0.39, 0.29) is 0 Å². The number of benzene rings is 1. The molecule has 0 bridgehead atoms. The molecule has 1 atom stereocenters. The van der Waals surface area contributed by atoms with Crippen LogP contribution in [0.1, 0.15) is 26.2 Å². The molecule has 1 unspecified atom stereocenters. The van der Waals surface area contributed by atoms with E-state index in [0.717, 1.165) is 12.8 Å². The van der Waals surface area contributed by atoms with Gasteiger partial charge in [0.15, 0.2) is 11.5 Å². The van der Waals surface area contributed by atoms with Crippen LogP contribution in [-0.2, 0) is 4.79 Å². The fourth-order valence-electron chi connectivity index (χ4n) is 1.84. The molecule has 0 saturated heterocycles. The fraction of sp³-hybridized carbons (Fsp3) is 0.533. The number of hydrogen-bond donors (Lipinski definition) is 2. The topological polar surface area (TPSA) is 67.8 Å². The first-order chi connectivity index (χ1) is 9.53. The number of carboxylic acids is 1. The van der Waals surface area contributed by atoms with Crippen molar-refractivity contribution in [3.05, 3.63) is 24.3 Å². The lowest BCUT2D eigenvalue weighted by Crippen LogP contribution is -2.47. The molecule has 0 spiro atoms. The molecule has 5 heteroatoms. The zero-order chi connectivity index (χ0) is 15.0. The number of hydrogen-bond acceptors (Lipinski definition) is 4. The van der Waals surface area contributed by atoms with Crippen LogP contribution in [0.25, 0.3) is 0 Å². The lowest BCUT2D eigenvalue weighted by molar-refractivity contribution is -0.144. The minimum atomic E-state index is -0.871. The van der Waals surface area contributed by atoms with Crippen LogP contribution in [0.3, 0.4) is 0 Å². The molecule has 1 aromatic rings. The van der Waals surface area contributed by atoms with Gasteiger partial charge in [0.05, 0.1) is 13.7 Å². The number of rotatable bonds is 9. The van der Waals surface area contributed by atoms with Crippen LogP contribution in [-0.4, -0.2) is 37.4 Å². The average Bonchev–Trinajstić information content (AvgIpc) is 2.46. The summed E-state index contributed by atoms with van der Waals surface area (Å²) in [5.41, 5.74) is -0.871. The quantitative estimate of drug-likeness (QED) is 0.680. The largest absolute Gasteiger partial charge is 0.493 e. The van der Waals surface area contributed by atoms with Gasteiger partial charge in [-0.15, -0.1) is 0 Å². The van der Waals surface area contributed by atoms with E-state index in [1.165, 1.54) is 0 Å². The van der Waals surface area contributed by atoms with E-state index in [2.05, 4.69) is 5.32 Å². The van der Waals surface area contributed by atoms with E-state index in [1.807, 2.05) is 24.3 Å². The zero-order valence-corrected chi connectivity index (χ0v) is 12.3. The summed E-state index contributed by atoms with van der Waals surface area (Å²) >= 11 is 0. The molecule has 2 N–H and O–H groups in total. The molecule has 0 amide bonds. The fourth-order valence-corrected chi connectivity index (χ4v) is 1.84. The summed E-state index contributed by atoms with van der Waals surface area (Å²) < 4.78 is 10.8. The average molecular weight is 281 g/mol. The monoisotopic (exact) mass is 281 g/mol. The second kappa shape index (κ2) is 7.75. The van der Waals surface area contributed by atoms with Crippen LogP contribution in [0.5, 0.6) is 11.5 Å². The van der Waals surface area contributed by atoms with Crippen molar-refractivity contribution in [2.24, 2.45) is 0 Å². The molecule has 0 radical (unpaired) electrons. The van der Waals surface area contributed by atoms with Gasteiger partial charge < -0.3 is 19.9 Å². The Kier molecular flexibility index (Phi) is 6.31. The van der Waals surface area contributed by atoms with Gasteiger partial charge in [0.25, 0.3) is 0 Å². The van der Waals surface area contributed by atoms with Gasteiger partial charge in [-0.3, -0.25) is 4.79 Å². The molecule has 1 aromatic carbocycles. The summed E-state index contributed by atoms with van der Waals surface area (Å²) in [6.45, 7) is 2.23. The summed E-state index contributed by atoms with van der Waals surface area (Å²) in [5.74, 6) is 0.591. The van der Waals surface area contributed by atoms with Gasteiger partial charge >= 0.3 is 5.97 Å². The number of carbonyl (C=O) groups is 1. The van der Waals surface area contributed by atoms with Gasteiger partial charge in [0, 0.05) is 0 Å². The first-order valence-corrected chi connectivity index (χ1v) is 6.71. The van der Waals surface area contributed by atoms with Gasteiger partial charge in [0.1, 0.15) is 5.54 Å². The molecular weight excluding hydrogens is 258 g/mol. The maximum Gasteiger partial charge on any atom is 0.323 e. The Hall–Kier alpha value is -1.75. The van der Waals surface area contributed by atoms with Gasteiger partial charge in [-0.25, -0.2) is 0 Å². The molecule has 0 aromatic heterocycles. The highest BCUT2D eigenvalue weighted by atomic mass is 16.5. The Balaban J connectivity index is 2.34. The second-order valence-corrected chi connectivity index (χ2v) is 4.84. The third-order valence-corrected chi connectivity index (χ3v) is 3.42. The molecule has 0 aliphatic rings. The van der Waals surface area contributed by atoms with Gasteiger partial charge in [0.2, 0.25) is 0 Å². The van der Waals surface area contributed by atoms with Gasteiger partial charge in [-0.1, -0.05) is 12.1 Å². The Bertz CT molecular complexity index is 436. The summed E-state index contributed by atoms with van der Waals surface area (Å²) in [6, 6.07) is 7.48. The third kappa shape index (κ3) is 4.42. The molecular formula is C15H23NO4. The maximum absolute atomic E-state index is 11.1. The van der Waals surface area contributed by atoms with Crippen LogP contribution in [0.2, 0.25) is 0 Å². The van der Waals surface area contributed by atoms with Crippen molar-refractivity contribution in [1.29, 1.82) is 0 Å². The predicted molar refractivity (Wildman–Crippen MR) is 77.4 cm³/mol. The number of para-hydroxylation sites is 2. The van der Waals surface area contributed by atoms with Crippen LogP contribution < -0.4 is 14.8 Å². The number of likely N-dealkylation sites (N-methyl/N-ethyl adjacent to an activating group) is 1. The number of methoxy groups -OCH3 is 1. The van der Waals surface area contributed by atoms with E-state index < -0.39 is 11.5 Å². The Labute approximate surface area is 119 Å². The molecule has 0 heterocycles. The standard InChI is InChI=1S/C15H23NO4/c1-15(16-2,14(17)18)10-6-7-11-20-13-9-5-4-8-12(13)19-3/h4-5,8-9,16H,6-7,10-11H2,1-3H3,(H,17,18). The summed E-state index contributed by atoms with van der Waals surface area (Å²) in [5, 5.41) is 12.0. The van der Waals surface area contributed by atoms with Crippen molar-refractivity contribution >= 4 is 5.97 Å². The summed E-state index contributed by atoms with van der Waals surface area (Å²) in [7, 11) is 3.27. The van der Waals surface area contributed by atoms with E-state index in [9.17, 15) is 4.79 Å². The minimum Gasteiger partial charge on any atom is -0.493 e. The number of aliphatic carboxylic acids is 1. The lowest BCUT2D eigenvalue weighted by atomic mass is 9.95. The van der Waals surface area contributed by atoms with Crippen LogP contribution in [0.15, 0.2) is 24.3 Å². The van der Waals surface area contributed by atoms with Crippen LogP contribution in [0.4, 0.5) is 0 Å². The number of carboxylic acid groups (broad SMARTS) is 1. The SMILES string of the molecule is CNC(C)(CCCCOc1ccccc1OC)C(=O)O. The Morgan fingerprint density at radius 1 is 1.30 bits per heavy atom. The van der Waals surface area contributed by atoms with Crippen molar-refractivity contribution < 1.29 is 19.4 Å². The predicted octanol–water partition coefficient (Wildman–Crippen LogP) is 2.31. The maximum atomic E-state index is 11.1. The van der Waals surface area contributed by atoms with Gasteiger partial charge in [-0.05, 0) is 45.4 Å². The number of unbranched alkanes of at least 4 members (excludes halogenated alkanes) is 1. The first kappa shape index (κ1) is 16.3. The van der Waals surface area contributed by atoms with Crippen molar-refractivity contribution in [3.8, 4) is 11.5 Å². The van der Waals surface area contributed by atoms with E-state index >= 15 is 0 Å². The third-order valence-electron chi connectivity index (χ3n) is 3.42. The highest BCUT2D eigenvalue weighted by Gasteiger charge is 2.30. The number of ether oxygens (including phenoxy) is 2. The normalized spacial score (nSPS) is 13.6. The number of nitrogens with one attached hydrogen (secondary N) is 1. The van der Waals surface area contributed by atoms with Crippen LogP contribution in [0, 0.1) is 0 Å². The molecule has 0 aliphatic heterocycles. The molecule has 1 rings (SSSR count). The summed E-state index contributed by atoms with van der Waals surface area (Å²) in [4.78, 5) is 11.1. The molecule has 0 saturated carbocycles. The highest BCUT2D eigenvalue weighted by Crippen LogP contribution is 2.26. The second-order valence-electron chi connectivity index (χ2n) is 4.84. The summed E-state index contributed by atoms with van der Waals surface area (Å²) in [6.07, 6.45) is 2.13. The van der Waals surface area contributed by atoms with E-state index in [1.54, 1.807) is 21.1 Å². The highest BCUT2D eigenvalue weighted by molar-refractivity contribution is 5.78. The molecule has 5 nitrogen and oxygen atoms in total. The molecule has 20 heavy (non-hydrogen) atoms. The van der Waals surface area contributed by atoms with Gasteiger partial charge in [-0.2, -0.15) is 0 Å². The Morgan fingerprint density at radius 3 is 2.50 bits per heavy atom. The van der Waals surface area contributed by atoms with E-state index in [4.69, 9.17) is 14.6 Å². The smallest absolute Gasteiger partial charge is 0.323 e. The van der Waals surface area contributed by atoms with Crippen LogP contribution >= 0.6 is 0 Å². The van der Waals surface area contributed by atoms with Crippen molar-refractivity contribution in [1.82, 2.24) is 5.32 Å². The molecule has 0 fully saturated rings. The minimum absolute atomic E-state index is 0.541. The molecule has 112 valence electrons. The first-order valence-electron chi connectivity index (χ1n) is 6.71. The molecule has 0 aliphatic carbocycles. The van der Waals surface area contributed by atoms with Crippen molar-refractivity contribution in [2.45, 2.75) is 31.7 Å². The van der Waals surface area contributed by atoms with E-state index in [0.29, 0.717) is 24.5 Å². The Morgan fingerprint density at radius 2 is 1.95 bits per heavy atom. The van der Waals surface area contributed by atoms with Crippen molar-refractivity contribution in [2.75, 3.05) is 20.8 Å².